The molecule has 0 heterocycles. The molecule has 0 saturated heterocycles. The Morgan fingerprint density at radius 1 is 1.21 bits per heavy atom. The molecule has 0 aromatic heterocycles. The van der Waals surface area contributed by atoms with Crippen molar-refractivity contribution in [1.82, 2.24) is 10.6 Å². The van der Waals surface area contributed by atoms with Crippen LogP contribution in [-0.2, 0) is 14.4 Å². The van der Waals surface area contributed by atoms with Gasteiger partial charge in [-0.1, -0.05) is 33.6 Å². The van der Waals surface area contributed by atoms with Gasteiger partial charge in [0, 0.05) is 6.92 Å². The minimum absolute atomic E-state index is 0.239. The summed E-state index contributed by atoms with van der Waals surface area (Å²) in [5.41, 5.74) is 0. The van der Waals surface area contributed by atoms with Gasteiger partial charge >= 0.3 is 0 Å². The molecule has 0 aliphatic rings. The Morgan fingerprint density at radius 3 is 2.26 bits per heavy atom. The molecule has 0 fully saturated rings. The molecule has 2 atom stereocenters. The zero-order valence-electron chi connectivity index (χ0n) is 12.4. The topological polar surface area (TPSA) is 75.3 Å². The number of hydrogen-bond donors (Lipinski definition) is 2. The second kappa shape index (κ2) is 9.53. The van der Waals surface area contributed by atoms with Crippen molar-refractivity contribution in [3.63, 3.8) is 0 Å². The molecule has 1 unspecified atom stereocenters. The third-order valence-electron chi connectivity index (χ3n) is 2.76. The third-order valence-corrected chi connectivity index (χ3v) is 2.76. The van der Waals surface area contributed by atoms with E-state index < -0.39 is 12.1 Å². The van der Waals surface area contributed by atoms with Crippen molar-refractivity contribution in [2.24, 2.45) is 5.92 Å². The number of rotatable bonds is 9. The number of carbonyl (C=O) groups excluding carboxylic acids is 3. The lowest BCUT2D eigenvalue weighted by atomic mass is 10.0. The highest BCUT2D eigenvalue weighted by atomic mass is 16.2. The number of aldehydes is 1. The van der Waals surface area contributed by atoms with E-state index in [0.717, 1.165) is 19.1 Å². The fraction of sp³-hybridized carbons (Fsp3) is 0.786. The molecule has 0 aromatic carbocycles. The van der Waals surface area contributed by atoms with Gasteiger partial charge in [0.25, 0.3) is 0 Å². The Bertz CT molecular complexity index is 303. The van der Waals surface area contributed by atoms with E-state index in [1.165, 1.54) is 6.92 Å². The van der Waals surface area contributed by atoms with Crippen LogP contribution in [0.3, 0.4) is 0 Å². The van der Waals surface area contributed by atoms with Crippen LogP contribution in [0.15, 0.2) is 0 Å². The maximum Gasteiger partial charge on any atom is 0.243 e. The van der Waals surface area contributed by atoms with Crippen LogP contribution in [0.1, 0.15) is 53.4 Å². The Hall–Kier alpha value is -1.39. The first-order chi connectivity index (χ1) is 8.90. The summed E-state index contributed by atoms with van der Waals surface area (Å²) in [4.78, 5) is 34.1. The van der Waals surface area contributed by atoms with Gasteiger partial charge < -0.3 is 15.4 Å². The fourth-order valence-electron chi connectivity index (χ4n) is 1.83. The predicted molar refractivity (Wildman–Crippen MR) is 74.6 cm³/mol. The largest absolute Gasteiger partial charge is 0.345 e. The van der Waals surface area contributed by atoms with Crippen LogP contribution < -0.4 is 10.6 Å². The predicted octanol–water partition coefficient (Wildman–Crippen LogP) is 1.41. The van der Waals surface area contributed by atoms with Gasteiger partial charge in [0.15, 0.2) is 0 Å². The minimum atomic E-state index is -0.568. The third kappa shape index (κ3) is 8.35. The zero-order chi connectivity index (χ0) is 14.8. The molecule has 2 N–H and O–H groups in total. The van der Waals surface area contributed by atoms with Gasteiger partial charge in [-0.15, -0.1) is 0 Å². The summed E-state index contributed by atoms with van der Waals surface area (Å²) < 4.78 is 0. The summed E-state index contributed by atoms with van der Waals surface area (Å²) >= 11 is 0. The Labute approximate surface area is 115 Å². The summed E-state index contributed by atoms with van der Waals surface area (Å²) in [6.07, 6.45) is 3.82. The lowest BCUT2D eigenvalue weighted by Crippen LogP contribution is -2.50. The van der Waals surface area contributed by atoms with Crippen LogP contribution in [0.4, 0.5) is 0 Å². The van der Waals surface area contributed by atoms with Gasteiger partial charge in [0.2, 0.25) is 11.8 Å². The van der Waals surface area contributed by atoms with Crippen molar-refractivity contribution in [2.45, 2.75) is 65.5 Å². The van der Waals surface area contributed by atoms with Gasteiger partial charge in [0.05, 0.1) is 6.04 Å². The van der Waals surface area contributed by atoms with Crippen LogP contribution in [0.2, 0.25) is 0 Å². The van der Waals surface area contributed by atoms with Crippen molar-refractivity contribution < 1.29 is 14.4 Å². The van der Waals surface area contributed by atoms with Gasteiger partial charge in [-0.05, 0) is 18.8 Å². The van der Waals surface area contributed by atoms with E-state index in [-0.39, 0.29) is 17.7 Å². The quantitative estimate of drug-likeness (QED) is 0.622. The second-order valence-electron chi connectivity index (χ2n) is 5.28. The van der Waals surface area contributed by atoms with Crippen LogP contribution in [0.5, 0.6) is 0 Å². The SMILES string of the molecule is CCCCC(C=O)NC(=O)[C@H](CC(C)C)NC(C)=O. The zero-order valence-corrected chi connectivity index (χ0v) is 12.4. The number of nitrogens with one attached hydrogen (secondary N) is 2. The monoisotopic (exact) mass is 270 g/mol. The number of carbonyl (C=O) groups is 3. The molecule has 2 amide bonds. The smallest absolute Gasteiger partial charge is 0.243 e. The molecular formula is C14H26N2O3. The van der Waals surface area contributed by atoms with Crippen LogP contribution in [-0.4, -0.2) is 30.2 Å². The van der Waals surface area contributed by atoms with Crippen LogP contribution >= 0.6 is 0 Å². The first-order valence-corrected chi connectivity index (χ1v) is 6.93. The van der Waals surface area contributed by atoms with E-state index in [1.807, 2.05) is 20.8 Å². The van der Waals surface area contributed by atoms with Gasteiger partial charge in [-0.2, -0.15) is 0 Å². The molecule has 0 aliphatic heterocycles. The van der Waals surface area contributed by atoms with Gasteiger partial charge in [-0.3, -0.25) is 9.59 Å². The first-order valence-electron chi connectivity index (χ1n) is 6.93. The lowest BCUT2D eigenvalue weighted by Gasteiger charge is -2.21. The highest BCUT2D eigenvalue weighted by Gasteiger charge is 2.22. The average molecular weight is 270 g/mol. The Morgan fingerprint density at radius 2 is 1.84 bits per heavy atom. The van der Waals surface area contributed by atoms with Crippen molar-refractivity contribution in [3.05, 3.63) is 0 Å². The summed E-state index contributed by atoms with van der Waals surface area (Å²) in [6, 6.07) is -1.03. The van der Waals surface area contributed by atoms with Crippen LogP contribution in [0.25, 0.3) is 0 Å². The molecule has 0 bridgehead atoms. The summed E-state index contributed by atoms with van der Waals surface area (Å²) in [5, 5.41) is 5.32. The molecule has 0 spiro atoms. The van der Waals surface area contributed by atoms with Gasteiger partial charge in [0.1, 0.15) is 12.3 Å². The second-order valence-corrected chi connectivity index (χ2v) is 5.28. The number of unbranched alkanes of at least 4 members (excludes halogenated alkanes) is 1. The highest BCUT2D eigenvalue weighted by molar-refractivity contribution is 5.88. The molecule has 5 heteroatoms. The Kier molecular flexibility index (Phi) is 8.83. The lowest BCUT2D eigenvalue weighted by molar-refractivity contribution is -0.129. The molecule has 0 aromatic rings. The molecule has 0 saturated carbocycles. The van der Waals surface area contributed by atoms with E-state index in [0.29, 0.717) is 12.8 Å². The van der Waals surface area contributed by atoms with E-state index in [2.05, 4.69) is 10.6 Å². The highest BCUT2D eigenvalue weighted by Crippen LogP contribution is 2.06. The molecule has 110 valence electrons. The average Bonchev–Trinajstić information content (AvgIpc) is 2.32. The standard InChI is InChI=1S/C14H26N2O3/c1-5-6-7-12(9-17)16-14(19)13(8-10(2)3)15-11(4)18/h9-10,12-13H,5-8H2,1-4H3,(H,15,18)(H,16,19)/t12?,13-/m0/s1. The van der Waals surface area contributed by atoms with Crippen molar-refractivity contribution in [1.29, 1.82) is 0 Å². The number of amides is 2. The van der Waals surface area contributed by atoms with E-state index in [9.17, 15) is 14.4 Å². The maximum absolute atomic E-state index is 12.1. The first kappa shape index (κ1) is 17.6. The van der Waals surface area contributed by atoms with E-state index in [1.54, 1.807) is 0 Å². The molecule has 5 nitrogen and oxygen atoms in total. The molecule has 19 heavy (non-hydrogen) atoms. The number of hydrogen-bond acceptors (Lipinski definition) is 3. The Balaban J connectivity index is 4.50. The summed E-state index contributed by atoms with van der Waals surface area (Å²) in [5.74, 6) is -0.234. The molecular weight excluding hydrogens is 244 g/mol. The molecule has 0 aliphatic carbocycles. The minimum Gasteiger partial charge on any atom is -0.345 e. The normalized spacial score (nSPS) is 13.7. The van der Waals surface area contributed by atoms with Crippen molar-refractivity contribution in [2.75, 3.05) is 0 Å². The molecule has 0 radical (unpaired) electrons. The van der Waals surface area contributed by atoms with E-state index >= 15 is 0 Å². The van der Waals surface area contributed by atoms with Crippen LogP contribution in [0, 0.1) is 5.92 Å². The van der Waals surface area contributed by atoms with Crippen molar-refractivity contribution in [3.8, 4) is 0 Å². The summed E-state index contributed by atoms with van der Waals surface area (Å²) in [7, 11) is 0. The molecule has 0 rings (SSSR count). The fourth-order valence-corrected chi connectivity index (χ4v) is 1.83. The van der Waals surface area contributed by atoms with Gasteiger partial charge in [-0.25, -0.2) is 0 Å². The summed E-state index contributed by atoms with van der Waals surface area (Å²) in [6.45, 7) is 7.38. The van der Waals surface area contributed by atoms with Crippen molar-refractivity contribution >= 4 is 18.1 Å². The maximum atomic E-state index is 12.1. The van der Waals surface area contributed by atoms with E-state index in [4.69, 9.17) is 0 Å².